The molecule has 2 aromatic carbocycles. The lowest BCUT2D eigenvalue weighted by Gasteiger charge is -2.25. The van der Waals surface area contributed by atoms with Crippen LogP contribution in [0.2, 0.25) is 0 Å². The van der Waals surface area contributed by atoms with Gasteiger partial charge < -0.3 is 10.2 Å². The predicted molar refractivity (Wildman–Crippen MR) is 97.0 cm³/mol. The smallest absolute Gasteiger partial charge is 0.261 e. The summed E-state index contributed by atoms with van der Waals surface area (Å²) in [6.07, 6.45) is 0. The van der Waals surface area contributed by atoms with E-state index in [1.165, 1.54) is 17.4 Å². The first-order valence-electron chi connectivity index (χ1n) is 7.74. The van der Waals surface area contributed by atoms with Crippen LogP contribution < -0.4 is 5.32 Å². The Kier molecular flexibility index (Phi) is 4.92. The lowest BCUT2D eigenvalue weighted by Crippen LogP contribution is -2.34. The molecule has 3 nitrogen and oxygen atoms in total. The number of thiophene rings is 1. The summed E-state index contributed by atoms with van der Waals surface area (Å²) in [6, 6.07) is 16.3. The Bertz CT molecular complexity index is 826. The highest BCUT2D eigenvalue weighted by Crippen LogP contribution is 2.25. The molecule has 124 valence electrons. The third-order valence-electron chi connectivity index (χ3n) is 3.99. The lowest BCUT2D eigenvalue weighted by molar-refractivity contribution is 0.0945. The van der Waals surface area contributed by atoms with Crippen LogP contribution in [-0.2, 0) is 0 Å². The molecule has 0 spiro atoms. The summed E-state index contributed by atoms with van der Waals surface area (Å²) in [6.45, 7) is 0.348. The molecular formula is C19H19FN2OS. The van der Waals surface area contributed by atoms with Crippen LogP contribution in [0.5, 0.6) is 0 Å². The molecule has 1 heterocycles. The van der Waals surface area contributed by atoms with Gasteiger partial charge in [0.2, 0.25) is 0 Å². The molecule has 1 atom stereocenters. The van der Waals surface area contributed by atoms with E-state index in [0.29, 0.717) is 17.0 Å². The van der Waals surface area contributed by atoms with Crippen LogP contribution in [0, 0.1) is 5.82 Å². The molecule has 0 aliphatic heterocycles. The molecule has 0 bridgehead atoms. The summed E-state index contributed by atoms with van der Waals surface area (Å²) in [5.74, 6) is -0.383. The highest BCUT2D eigenvalue weighted by molar-refractivity contribution is 7.20. The van der Waals surface area contributed by atoms with Crippen LogP contribution >= 0.6 is 11.3 Å². The van der Waals surface area contributed by atoms with Crippen molar-refractivity contribution in [3.63, 3.8) is 0 Å². The van der Waals surface area contributed by atoms with E-state index in [-0.39, 0.29) is 17.8 Å². The van der Waals surface area contributed by atoms with Gasteiger partial charge in [-0.1, -0.05) is 36.4 Å². The van der Waals surface area contributed by atoms with Crippen LogP contribution in [-0.4, -0.2) is 31.4 Å². The quantitative estimate of drug-likeness (QED) is 0.758. The van der Waals surface area contributed by atoms with Crippen molar-refractivity contribution in [2.75, 3.05) is 20.6 Å². The second-order valence-corrected chi connectivity index (χ2v) is 6.94. The number of rotatable bonds is 5. The number of carbonyl (C=O) groups is 1. The number of likely N-dealkylation sites (N-methyl/N-ethyl adjacent to an activating group) is 1. The normalized spacial score (nSPS) is 12.5. The fourth-order valence-corrected chi connectivity index (χ4v) is 3.67. The van der Waals surface area contributed by atoms with E-state index in [9.17, 15) is 9.18 Å². The maximum absolute atomic E-state index is 14.0. The Morgan fingerprint density at radius 1 is 1.17 bits per heavy atom. The van der Waals surface area contributed by atoms with E-state index < -0.39 is 0 Å². The van der Waals surface area contributed by atoms with Crippen molar-refractivity contribution in [2.45, 2.75) is 6.04 Å². The molecule has 1 unspecified atom stereocenters. The van der Waals surface area contributed by atoms with Crippen molar-refractivity contribution < 1.29 is 9.18 Å². The molecule has 5 heteroatoms. The highest BCUT2D eigenvalue weighted by atomic mass is 32.1. The first-order valence-corrected chi connectivity index (χ1v) is 8.55. The number of carbonyl (C=O) groups excluding carboxylic acids is 1. The average molecular weight is 342 g/mol. The number of hydrogen-bond acceptors (Lipinski definition) is 3. The number of hydrogen-bond donors (Lipinski definition) is 1. The van der Waals surface area contributed by atoms with Crippen molar-refractivity contribution in [2.24, 2.45) is 0 Å². The van der Waals surface area contributed by atoms with Gasteiger partial charge in [0.15, 0.2) is 0 Å². The largest absolute Gasteiger partial charge is 0.349 e. The van der Waals surface area contributed by atoms with Crippen LogP contribution in [0.4, 0.5) is 4.39 Å². The second-order valence-electron chi connectivity index (χ2n) is 5.86. The van der Waals surface area contributed by atoms with Crippen molar-refractivity contribution in [3.8, 4) is 0 Å². The van der Waals surface area contributed by atoms with Crippen LogP contribution in [0.25, 0.3) is 10.1 Å². The second kappa shape index (κ2) is 7.11. The van der Waals surface area contributed by atoms with Gasteiger partial charge in [0.05, 0.1) is 10.9 Å². The van der Waals surface area contributed by atoms with Gasteiger partial charge in [0.25, 0.3) is 5.91 Å². The van der Waals surface area contributed by atoms with E-state index in [1.807, 2.05) is 55.4 Å². The Balaban J connectivity index is 1.75. The van der Waals surface area contributed by atoms with E-state index in [2.05, 4.69) is 5.32 Å². The van der Waals surface area contributed by atoms with Gasteiger partial charge in [0.1, 0.15) is 5.82 Å². The van der Waals surface area contributed by atoms with Crippen LogP contribution in [0.1, 0.15) is 21.3 Å². The number of fused-ring (bicyclic) bond motifs is 1. The molecule has 24 heavy (non-hydrogen) atoms. The average Bonchev–Trinajstić information content (AvgIpc) is 3.00. The zero-order chi connectivity index (χ0) is 17.1. The Morgan fingerprint density at radius 2 is 1.88 bits per heavy atom. The van der Waals surface area contributed by atoms with Crippen molar-refractivity contribution in [3.05, 3.63) is 70.9 Å². The maximum Gasteiger partial charge on any atom is 0.261 e. The third-order valence-corrected chi connectivity index (χ3v) is 5.11. The molecule has 0 aliphatic carbocycles. The third kappa shape index (κ3) is 3.47. The number of benzene rings is 2. The summed E-state index contributed by atoms with van der Waals surface area (Å²) in [5, 5.41) is 3.99. The molecule has 1 amide bonds. The topological polar surface area (TPSA) is 32.3 Å². The van der Waals surface area contributed by atoms with Crippen molar-refractivity contribution in [1.82, 2.24) is 10.2 Å². The summed E-state index contributed by atoms with van der Waals surface area (Å²) in [7, 11) is 3.76. The lowest BCUT2D eigenvalue weighted by atomic mass is 10.1. The van der Waals surface area contributed by atoms with Gasteiger partial charge in [-0.3, -0.25) is 4.79 Å². The van der Waals surface area contributed by atoms with Crippen molar-refractivity contribution in [1.29, 1.82) is 0 Å². The minimum atomic E-state index is -0.257. The minimum Gasteiger partial charge on any atom is -0.349 e. The standard InChI is InChI=1S/C19H19FN2OS/c1-22(2)16(14-8-4-5-9-15(14)20)12-21-19(23)18-11-13-7-3-6-10-17(13)24-18/h3-11,16H,12H2,1-2H3,(H,21,23). The first kappa shape index (κ1) is 16.6. The van der Waals surface area contributed by atoms with Gasteiger partial charge in [0, 0.05) is 16.8 Å². The zero-order valence-electron chi connectivity index (χ0n) is 13.6. The van der Waals surface area contributed by atoms with E-state index in [0.717, 1.165) is 10.1 Å². The van der Waals surface area contributed by atoms with Gasteiger partial charge in [-0.2, -0.15) is 0 Å². The molecule has 0 fully saturated rings. The Labute approximate surface area is 144 Å². The summed E-state index contributed by atoms with van der Waals surface area (Å²) in [4.78, 5) is 15.0. The van der Waals surface area contributed by atoms with Crippen molar-refractivity contribution >= 4 is 27.3 Å². The summed E-state index contributed by atoms with van der Waals surface area (Å²) < 4.78 is 15.1. The van der Waals surface area contributed by atoms with E-state index >= 15 is 0 Å². The van der Waals surface area contributed by atoms with Crippen LogP contribution in [0.3, 0.4) is 0 Å². The molecule has 3 aromatic rings. The van der Waals surface area contributed by atoms with Crippen LogP contribution in [0.15, 0.2) is 54.6 Å². The molecule has 1 N–H and O–H groups in total. The molecule has 0 aliphatic rings. The van der Waals surface area contributed by atoms with Gasteiger partial charge in [-0.15, -0.1) is 11.3 Å². The summed E-state index contributed by atoms with van der Waals surface area (Å²) in [5.41, 5.74) is 0.583. The van der Waals surface area contributed by atoms with Gasteiger partial charge in [-0.25, -0.2) is 4.39 Å². The number of nitrogens with zero attached hydrogens (tertiary/aromatic N) is 1. The van der Waals surface area contributed by atoms with Gasteiger partial charge in [-0.05, 0) is 37.7 Å². The SMILES string of the molecule is CN(C)C(CNC(=O)c1cc2ccccc2s1)c1ccccc1F. The molecule has 0 radical (unpaired) electrons. The molecule has 1 aromatic heterocycles. The molecule has 0 saturated heterocycles. The summed E-state index contributed by atoms with van der Waals surface area (Å²) >= 11 is 1.46. The zero-order valence-corrected chi connectivity index (χ0v) is 14.4. The first-order chi connectivity index (χ1) is 11.6. The molecule has 3 rings (SSSR count). The monoisotopic (exact) mass is 342 g/mol. The highest BCUT2D eigenvalue weighted by Gasteiger charge is 2.19. The fourth-order valence-electron chi connectivity index (χ4n) is 2.69. The number of nitrogens with one attached hydrogen (secondary N) is 1. The Morgan fingerprint density at radius 3 is 2.58 bits per heavy atom. The fraction of sp³-hybridized carbons (Fsp3) is 0.211. The number of amides is 1. The molecule has 0 saturated carbocycles. The molecular weight excluding hydrogens is 323 g/mol. The predicted octanol–water partition coefficient (Wildman–Crippen LogP) is 4.07. The van der Waals surface area contributed by atoms with E-state index in [4.69, 9.17) is 0 Å². The van der Waals surface area contributed by atoms with E-state index in [1.54, 1.807) is 12.1 Å². The number of halogens is 1. The van der Waals surface area contributed by atoms with Gasteiger partial charge >= 0.3 is 0 Å². The minimum absolute atomic E-state index is 0.126. The maximum atomic E-state index is 14.0. The Hall–Kier alpha value is -2.24.